The smallest absolute Gasteiger partial charge is 0.254 e. The van der Waals surface area contributed by atoms with E-state index in [-0.39, 0.29) is 26.0 Å². The zero-order valence-electron chi connectivity index (χ0n) is 18.6. The molecule has 2 fully saturated rings. The van der Waals surface area contributed by atoms with Gasteiger partial charge in [-0.2, -0.15) is 0 Å². The Hall–Kier alpha value is -2.70. The van der Waals surface area contributed by atoms with Crippen molar-refractivity contribution in [2.75, 3.05) is 32.2 Å². The topological polar surface area (TPSA) is 134 Å². The van der Waals surface area contributed by atoms with Gasteiger partial charge in [-0.05, 0) is 66.0 Å². The molecule has 0 spiro atoms. The molecular formula is C23H31FN3O6S-. The maximum absolute atomic E-state index is 13.1. The van der Waals surface area contributed by atoms with Crippen LogP contribution in [0.3, 0.4) is 0 Å². The predicted octanol–water partition coefficient (Wildman–Crippen LogP) is 2.16. The highest BCUT2D eigenvalue weighted by Gasteiger charge is 2.40. The van der Waals surface area contributed by atoms with Crippen LogP contribution in [-0.4, -0.2) is 70.5 Å². The lowest BCUT2D eigenvalue weighted by Crippen LogP contribution is -2.43. The Morgan fingerprint density at radius 1 is 1.24 bits per heavy atom. The molecule has 2 aliphatic rings. The van der Waals surface area contributed by atoms with E-state index in [0.29, 0.717) is 18.2 Å². The Morgan fingerprint density at radius 3 is 2.41 bits per heavy atom. The number of nitrogens with zero attached hydrogens (tertiary/aromatic N) is 1. The molecule has 0 aromatic heterocycles. The van der Waals surface area contributed by atoms with Crippen LogP contribution in [0.5, 0.6) is 0 Å². The lowest BCUT2D eigenvalue weighted by molar-refractivity contribution is -0.119. The Bertz CT molecular complexity index is 1010. The molecule has 0 bridgehead atoms. The van der Waals surface area contributed by atoms with Crippen LogP contribution in [0.1, 0.15) is 26.1 Å². The first-order chi connectivity index (χ1) is 16.3. The van der Waals surface area contributed by atoms with Crippen molar-refractivity contribution in [2.45, 2.75) is 35.9 Å². The molecule has 2 aromatic carbocycles. The minimum atomic E-state index is -2.35. The summed E-state index contributed by atoms with van der Waals surface area (Å²) in [5.41, 5.74) is 6.10. The van der Waals surface area contributed by atoms with Crippen LogP contribution < -0.4 is 11.1 Å². The van der Waals surface area contributed by atoms with Crippen LogP contribution in [0.25, 0.3) is 0 Å². The third kappa shape index (κ3) is 6.90. The van der Waals surface area contributed by atoms with E-state index in [2.05, 4.69) is 5.32 Å². The summed E-state index contributed by atoms with van der Waals surface area (Å²) in [4.78, 5) is 27.1. The summed E-state index contributed by atoms with van der Waals surface area (Å²) in [7, 11) is 1.51. The van der Waals surface area contributed by atoms with Crippen molar-refractivity contribution in [3.8, 4) is 0 Å². The van der Waals surface area contributed by atoms with E-state index in [1.165, 1.54) is 60.5 Å². The van der Waals surface area contributed by atoms with Gasteiger partial charge < -0.3 is 30.0 Å². The Kier molecular flexibility index (Phi) is 9.25. The molecule has 0 radical (unpaired) electrons. The van der Waals surface area contributed by atoms with Crippen LogP contribution in [0.2, 0.25) is 0 Å². The standard InChI is InChI=1S/C19H19FN2O5S.C4H9NO.2H2/c1-27-15-10-17(18(23)21-14-6-8-16(9-7-14)28(25)26)22(11-15)19(24)12-2-4-13(20)5-3-12;5-4-1-2-6-3-4;;/h2-9,15,17H,10-11H2,1H3,(H,21,23)(H,25,26);4H,1-3,5H2;2*1H/p-1/t15-,17-;4-;;/m01../s1. The molecule has 4 atom stereocenters. The lowest BCUT2D eigenvalue weighted by Gasteiger charge is -2.24. The first-order valence-electron chi connectivity index (χ1n) is 10.7. The van der Waals surface area contributed by atoms with Crippen molar-refractivity contribution in [3.63, 3.8) is 0 Å². The maximum atomic E-state index is 13.1. The van der Waals surface area contributed by atoms with Crippen LogP contribution in [0, 0.1) is 5.82 Å². The number of carbonyl (C=O) groups is 2. The Morgan fingerprint density at radius 2 is 1.91 bits per heavy atom. The van der Waals surface area contributed by atoms with Crippen LogP contribution in [0.15, 0.2) is 53.4 Å². The third-order valence-corrected chi connectivity index (χ3v) is 6.19. The largest absolute Gasteiger partial charge is 0.768 e. The van der Waals surface area contributed by atoms with Gasteiger partial charge in [0, 0.05) is 51.7 Å². The molecule has 9 nitrogen and oxygen atoms in total. The zero-order chi connectivity index (χ0) is 24.7. The molecule has 2 aliphatic heterocycles. The van der Waals surface area contributed by atoms with E-state index in [4.69, 9.17) is 15.2 Å². The fraction of sp³-hybridized carbons (Fsp3) is 0.391. The van der Waals surface area contributed by atoms with Crippen molar-refractivity contribution >= 4 is 28.6 Å². The van der Waals surface area contributed by atoms with E-state index >= 15 is 0 Å². The molecule has 1 unspecified atom stereocenters. The molecule has 4 rings (SSSR count). The van der Waals surface area contributed by atoms with E-state index in [9.17, 15) is 22.7 Å². The van der Waals surface area contributed by atoms with Gasteiger partial charge in [-0.25, -0.2) is 4.39 Å². The van der Waals surface area contributed by atoms with Gasteiger partial charge in [0.2, 0.25) is 5.91 Å². The molecule has 2 aromatic rings. The number of ether oxygens (including phenoxy) is 2. The number of likely N-dealkylation sites (tertiary alicyclic amines) is 1. The van der Waals surface area contributed by atoms with Gasteiger partial charge >= 0.3 is 0 Å². The van der Waals surface area contributed by atoms with Crippen molar-refractivity contribution in [2.24, 2.45) is 5.73 Å². The quantitative estimate of drug-likeness (QED) is 0.606. The average molecular weight is 497 g/mol. The highest BCUT2D eigenvalue weighted by molar-refractivity contribution is 7.79. The number of halogens is 1. The number of anilines is 1. The molecule has 11 heteroatoms. The molecule has 2 saturated heterocycles. The molecule has 0 saturated carbocycles. The second-order valence-electron chi connectivity index (χ2n) is 7.95. The predicted molar refractivity (Wildman–Crippen MR) is 127 cm³/mol. The second kappa shape index (κ2) is 12.1. The molecule has 0 aliphatic carbocycles. The molecule has 188 valence electrons. The summed E-state index contributed by atoms with van der Waals surface area (Å²) in [5.74, 6) is -1.26. The number of hydrogen-bond acceptors (Lipinski definition) is 7. The summed E-state index contributed by atoms with van der Waals surface area (Å²) < 4.78 is 45.2. The van der Waals surface area contributed by atoms with Gasteiger partial charge in [0.15, 0.2) is 0 Å². The molecule has 2 amide bonds. The maximum Gasteiger partial charge on any atom is 0.254 e. The number of amides is 2. The van der Waals surface area contributed by atoms with Crippen molar-refractivity contribution in [1.29, 1.82) is 0 Å². The van der Waals surface area contributed by atoms with E-state index in [0.717, 1.165) is 19.6 Å². The molecular weight excluding hydrogens is 465 g/mol. The lowest BCUT2D eigenvalue weighted by atomic mass is 10.1. The number of carbonyl (C=O) groups excluding carboxylic acids is 2. The Labute approximate surface area is 202 Å². The van der Waals surface area contributed by atoms with Gasteiger partial charge in [-0.15, -0.1) is 0 Å². The molecule has 34 heavy (non-hydrogen) atoms. The van der Waals surface area contributed by atoms with Gasteiger partial charge in [0.05, 0.1) is 12.7 Å². The van der Waals surface area contributed by atoms with Gasteiger partial charge in [0.25, 0.3) is 5.91 Å². The number of methoxy groups -OCH3 is 1. The van der Waals surface area contributed by atoms with Gasteiger partial charge in [0.1, 0.15) is 11.9 Å². The average Bonchev–Trinajstić information content (AvgIpc) is 3.49. The first-order valence-corrected chi connectivity index (χ1v) is 11.8. The monoisotopic (exact) mass is 496 g/mol. The summed E-state index contributed by atoms with van der Waals surface area (Å²) in [6, 6.07) is 10.3. The summed E-state index contributed by atoms with van der Waals surface area (Å²) in [6.45, 7) is 1.86. The van der Waals surface area contributed by atoms with Crippen molar-refractivity contribution < 1.29 is 35.1 Å². The van der Waals surface area contributed by atoms with Crippen molar-refractivity contribution in [3.05, 3.63) is 59.9 Å². The second-order valence-corrected chi connectivity index (χ2v) is 8.89. The molecule has 3 N–H and O–H groups in total. The number of nitrogens with one attached hydrogen (secondary N) is 1. The molecule has 2 heterocycles. The van der Waals surface area contributed by atoms with Crippen LogP contribution in [-0.2, 0) is 25.3 Å². The van der Waals surface area contributed by atoms with Crippen LogP contribution >= 0.6 is 0 Å². The fourth-order valence-corrected chi connectivity index (χ4v) is 3.99. The summed E-state index contributed by atoms with van der Waals surface area (Å²) in [5, 5.41) is 2.69. The fourth-order valence-electron chi connectivity index (χ4n) is 3.63. The number of nitrogens with two attached hydrogens (primary N) is 1. The number of hydrogen-bond donors (Lipinski definition) is 2. The summed E-state index contributed by atoms with van der Waals surface area (Å²) >= 11 is -2.35. The normalized spacial score (nSPS) is 22.6. The van der Waals surface area contributed by atoms with E-state index < -0.39 is 34.8 Å². The SMILES string of the molecule is CO[C@H]1C[C@@H](C(=O)Nc2ccc(S(=O)[O-])cc2)N(C(=O)c2ccc(F)cc2)C1.N[C@@H]1CCOC1.[HH].[HH]. The first kappa shape index (κ1) is 25.9. The third-order valence-electron chi connectivity index (χ3n) is 5.53. The van der Waals surface area contributed by atoms with E-state index in [1.54, 1.807) is 0 Å². The Balaban J connectivity index is 0.000000711. The summed E-state index contributed by atoms with van der Waals surface area (Å²) in [6.07, 6.45) is 1.06. The highest BCUT2D eigenvalue weighted by atomic mass is 32.2. The van der Waals surface area contributed by atoms with Crippen LogP contribution in [0.4, 0.5) is 10.1 Å². The highest BCUT2D eigenvalue weighted by Crippen LogP contribution is 2.24. The van der Waals surface area contributed by atoms with Crippen molar-refractivity contribution in [1.82, 2.24) is 4.90 Å². The minimum absolute atomic E-state index is 0. The van der Waals surface area contributed by atoms with E-state index in [1.807, 2.05) is 0 Å². The zero-order valence-corrected chi connectivity index (χ0v) is 19.5. The minimum Gasteiger partial charge on any atom is -0.768 e. The number of benzene rings is 2. The van der Waals surface area contributed by atoms with Gasteiger partial charge in [-0.1, -0.05) is 0 Å². The number of rotatable bonds is 5. The van der Waals surface area contributed by atoms with Gasteiger partial charge in [-0.3, -0.25) is 13.8 Å².